The summed E-state index contributed by atoms with van der Waals surface area (Å²) >= 11 is 1.41. The van der Waals surface area contributed by atoms with Crippen molar-refractivity contribution in [2.45, 2.75) is 36.9 Å². The molecule has 6 rings (SSSR count). The number of alkyl carbamates (subject to hydrolysis) is 1. The van der Waals surface area contributed by atoms with Crippen molar-refractivity contribution in [2.24, 2.45) is 0 Å². The number of hydrogen-bond donors (Lipinski definition) is 4. The molecule has 44 heavy (non-hydrogen) atoms. The Balaban J connectivity index is 1.23. The highest BCUT2D eigenvalue weighted by molar-refractivity contribution is 7.89. The first-order valence-electron chi connectivity index (χ1n) is 13.9. The first-order valence-corrected chi connectivity index (χ1v) is 16.1. The van der Waals surface area contributed by atoms with Crippen LogP contribution in [0.5, 0.6) is 0 Å². The molecule has 3 aromatic heterocycles. The van der Waals surface area contributed by atoms with Crippen LogP contribution >= 0.6 is 11.3 Å². The van der Waals surface area contributed by atoms with Gasteiger partial charge in [0.15, 0.2) is 10.8 Å². The van der Waals surface area contributed by atoms with Crippen molar-refractivity contribution < 1.29 is 22.7 Å². The van der Waals surface area contributed by atoms with E-state index in [1.165, 1.54) is 28.8 Å². The van der Waals surface area contributed by atoms with Gasteiger partial charge in [-0.15, -0.1) is 21.5 Å². The first kappa shape index (κ1) is 29.8. The summed E-state index contributed by atoms with van der Waals surface area (Å²) in [4.78, 5) is 37.9. The van der Waals surface area contributed by atoms with Crippen LogP contribution in [0.2, 0.25) is 0 Å². The lowest BCUT2D eigenvalue weighted by molar-refractivity contribution is 0.0549. The number of rotatable bonds is 7. The topological polar surface area (TPSA) is 206 Å². The molecule has 16 nitrogen and oxygen atoms in total. The summed E-state index contributed by atoms with van der Waals surface area (Å²) in [7, 11) is -0.742. The number of hydrogen-bond acceptors (Lipinski definition) is 12. The van der Waals surface area contributed by atoms with Gasteiger partial charge in [-0.3, -0.25) is 15.5 Å². The maximum Gasteiger partial charge on any atom is 0.412 e. The summed E-state index contributed by atoms with van der Waals surface area (Å²) in [6, 6.07) is 5.95. The van der Waals surface area contributed by atoms with Gasteiger partial charge in [0.05, 0.1) is 12.8 Å². The number of carbonyl (C=O) groups is 2. The number of aromatic amines is 2. The predicted molar refractivity (Wildman–Crippen MR) is 159 cm³/mol. The quantitative estimate of drug-likeness (QED) is 0.166. The molecule has 2 aliphatic heterocycles. The standard InChI is InChI=1S/C26H31N11O5S2/c1-35-8-7-18-20(14-35)43-24(29-18)25(38)37-10-9-36(13-17(37)5-6-21-31-33-34-32-21)44(40,41)22-12-15-3-4-16(11-19(15)28-22)23(27)30-26(39)42-2/h3-4,11-12,17,28H,5-10,13-14H2,1-2H3,(H2,27,30,39)(H,31,32,33,34). The summed E-state index contributed by atoms with van der Waals surface area (Å²) in [6.45, 7) is 2.02. The highest BCUT2D eigenvalue weighted by Gasteiger charge is 2.38. The number of methoxy groups -OCH3 is 1. The fourth-order valence-electron chi connectivity index (χ4n) is 5.44. The van der Waals surface area contributed by atoms with Crippen LogP contribution in [-0.2, 0) is 34.1 Å². The number of carbonyl (C=O) groups excluding carboxylic acids is 2. The lowest BCUT2D eigenvalue weighted by atomic mass is 10.1. The van der Waals surface area contributed by atoms with Gasteiger partial charge in [0.2, 0.25) is 0 Å². The molecular formula is C26H31N11O5S2. The van der Waals surface area contributed by atoms with Gasteiger partial charge in [-0.2, -0.15) is 9.52 Å². The molecule has 2 amide bonds. The predicted octanol–water partition coefficient (Wildman–Crippen LogP) is 0.955. The number of nitrogens with zero attached hydrogens (tertiary/aromatic N) is 7. The molecule has 18 heteroatoms. The van der Waals surface area contributed by atoms with Crippen molar-refractivity contribution in [3.05, 3.63) is 51.2 Å². The maximum absolute atomic E-state index is 13.9. The van der Waals surface area contributed by atoms with Crippen molar-refractivity contribution in [1.82, 2.24) is 50.0 Å². The molecule has 4 aromatic rings. The number of ether oxygens (including phenoxy) is 1. The minimum Gasteiger partial charge on any atom is -0.453 e. The number of benzene rings is 1. The number of aryl methyl sites for hydroxylation is 1. The average molecular weight is 642 g/mol. The van der Waals surface area contributed by atoms with Gasteiger partial charge in [0.25, 0.3) is 15.9 Å². The molecule has 232 valence electrons. The van der Waals surface area contributed by atoms with Gasteiger partial charge in [-0.05, 0) is 25.6 Å². The van der Waals surface area contributed by atoms with E-state index < -0.39 is 22.2 Å². The van der Waals surface area contributed by atoms with Gasteiger partial charge in [0, 0.05) is 73.0 Å². The number of amidine groups is 1. The van der Waals surface area contributed by atoms with Crippen molar-refractivity contribution >= 4 is 50.1 Å². The van der Waals surface area contributed by atoms with Crippen LogP contribution in [0.25, 0.3) is 10.9 Å². The third kappa shape index (κ3) is 5.92. The van der Waals surface area contributed by atoms with Crippen LogP contribution in [0, 0.1) is 5.41 Å². The van der Waals surface area contributed by atoms with Gasteiger partial charge < -0.3 is 19.5 Å². The molecule has 0 saturated carbocycles. The van der Waals surface area contributed by atoms with E-state index in [-0.39, 0.29) is 36.4 Å². The summed E-state index contributed by atoms with van der Waals surface area (Å²) in [5.41, 5.74) is 1.82. The Morgan fingerprint density at radius 3 is 2.84 bits per heavy atom. The van der Waals surface area contributed by atoms with E-state index in [4.69, 9.17) is 5.41 Å². The highest BCUT2D eigenvalue weighted by atomic mass is 32.2. The fourth-order valence-corrected chi connectivity index (χ4v) is 8.07. The molecule has 0 spiro atoms. The number of piperazine rings is 1. The van der Waals surface area contributed by atoms with E-state index in [1.54, 1.807) is 23.1 Å². The van der Waals surface area contributed by atoms with Crippen LogP contribution < -0.4 is 5.32 Å². The smallest absolute Gasteiger partial charge is 0.412 e. The first-order chi connectivity index (χ1) is 21.1. The number of likely N-dealkylation sites (N-methyl/N-ethyl adjacent to an activating group) is 1. The number of thiazole rings is 1. The van der Waals surface area contributed by atoms with E-state index in [0.717, 1.165) is 30.1 Å². The van der Waals surface area contributed by atoms with E-state index in [0.29, 0.717) is 40.1 Å². The zero-order valence-electron chi connectivity index (χ0n) is 24.0. The van der Waals surface area contributed by atoms with Gasteiger partial charge in [-0.25, -0.2) is 18.2 Å². The monoisotopic (exact) mass is 641 g/mol. The summed E-state index contributed by atoms with van der Waals surface area (Å²) in [5, 5.41) is 25.5. The minimum atomic E-state index is -3.98. The molecule has 1 aromatic carbocycles. The second-order valence-corrected chi connectivity index (χ2v) is 13.7. The van der Waals surface area contributed by atoms with E-state index >= 15 is 0 Å². The number of sulfonamides is 1. The van der Waals surface area contributed by atoms with Crippen LogP contribution in [0.4, 0.5) is 4.79 Å². The van der Waals surface area contributed by atoms with Crippen LogP contribution in [-0.4, -0.2) is 117 Å². The molecule has 1 fully saturated rings. The normalized spacial score (nSPS) is 17.9. The van der Waals surface area contributed by atoms with E-state index in [2.05, 4.69) is 45.5 Å². The molecule has 0 radical (unpaired) electrons. The van der Waals surface area contributed by atoms with Crippen LogP contribution in [0.3, 0.4) is 0 Å². The molecule has 1 unspecified atom stereocenters. The zero-order chi connectivity index (χ0) is 31.0. The Labute approximate surface area is 256 Å². The number of fused-ring (bicyclic) bond motifs is 2. The number of amides is 2. The number of H-pyrrole nitrogens is 2. The molecule has 2 aliphatic rings. The van der Waals surface area contributed by atoms with Crippen LogP contribution in [0.15, 0.2) is 29.3 Å². The highest BCUT2D eigenvalue weighted by Crippen LogP contribution is 2.29. The number of tetrazole rings is 1. The SMILES string of the molecule is COC(=O)NC(=N)c1ccc2cc(S(=O)(=O)N3CCN(C(=O)c4nc5c(s4)CN(C)CC5)C(CCc4nn[nH]n4)C3)[nH]c2c1. The Morgan fingerprint density at radius 1 is 1.23 bits per heavy atom. The van der Waals surface area contributed by atoms with Crippen molar-refractivity contribution in [2.75, 3.05) is 40.3 Å². The van der Waals surface area contributed by atoms with Crippen molar-refractivity contribution in [3.8, 4) is 0 Å². The summed E-state index contributed by atoms with van der Waals surface area (Å²) in [6.07, 6.45) is 0.839. The Kier molecular flexibility index (Phi) is 8.14. The number of nitrogens with one attached hydrogen (secondary N) is 4. The second-order valence-electron chi connectivity index (χ2n) is 10.7. The lowest BCUT2D eigenvalue weighted by Gasteiger charge is -2.40. The molecule has 0 aliphatic carbocycles. The van der Waals surface area contributed by atoms with Crippen molar-refractivity contribution in [3.63, 3.8) is 0 Å². The summed E-state index contributed by atoms with van der Waals surface area (Å²) in [5.74, 6) is 0.0864. The third-order valence-electron chi connectivity index (χ3n) is 7.82. The summed E-state index contributed by atoms with van der Waals surface area (Å²) < 4.78 is 33.7. The largest absolute Gasteiger partial charge is 0.453 e. The molecule has 4 N–H and O–H groups in total. The Bertz CT molecular complexity index is 1820. The van der Waals surface area contributed by atoms with Crippen molar-refractivity contribution in [1.29, 1.82) is 5.41 Å². The van der Waals surface area contributed by atoms with Gasteiger partial charge in [-0.1, -0.05) is 17.3 Å². The third-order valence-corrected chi connectivity index (χ3v) is 10.7. The maximum atomic E-state index is 13.9. The number of aromatic nitrogens is 6. The van der Waals surface area contributed by atoms with Crippen LogP contribution in [0.1, 0.15) is 38.2 Å². The van der Waals surface area contributed by atoms with E-state index in [9.17, 15) is 18.0 Å². The van der Waals surface area contributed by atoms with Gasteiger partial charge in [0.1, 0.15) is 10.9 Å². The molecule has 5 heterocycles. The van der Waals surface area contributed by atoms with E-state index in [1.807, 2.05) is 7.05 Å². The molecule has 1 saturated heterocycles. The lowest BCUT2D eigenvalue weighted by Crippen LogP contribution is -2.56. The van der Waals surface area contributed by atoms with Gasteiger partial charge >= 0.3 is 6.09 Å². The molecule has 0 bridgehead atoms. The zero-order valence-corrected chi connectivity index (χ0v) is 25.7. The minimum absolute atomic E-state index is 0.00878. The average Bonchev–Trinajstić information content (AvgIpc) is 3.78. The second kappa shape index (κ2) is 12.0. The fraction of sp³-hybridized carbons (Fsp3) is 0.423. The Morgan fingerprint density at radius 2 is 2.07 bits per heavy atom. The molecule has 1 atom stereocenters. The Hall–Kier alpha value is -4.26. The molecular weight excluding hydrogens is 610 g/mol.